The average Bonchev–Trinajstić information content (AvgIpc) is 3.23. The van der Waals surface area contributed by atoms with E-state index in [1.807, 2.05) is 24.9 Å². The van der Waals surface area contributed by atoms with Gasteiger partial charge < -0.3 is 14.9 Å². The Hall–Kier alpha value is -1.34. The minimum atomic E-state index is -1.48. The predicted molar refractivity (Wildman–Crippen MR) is 110 cm³/mol. The molecule has 8 unspecified atom stereocenters. The molecule has 30 heavy (non-hydrogen) atoms. The Morgan fingerprint density at radius 3 is 2.77 bits per heavy atom. The van der Waals surface area contributed by atoms with Crippen LogP contribution in [0.3, 0.4) is 0 Å². The van der Waals surface area contributed by atoms with E-state index in [9.17, 15) is 19.8 Å². The summed E-state index contributed by atoms with van der Waals surface area (Å²) in [5.74, 6) is 0.156. The molecular formula is C24H33NO5. The molecular weight excluding hydrogens is 382 g/mol. The fourth-order valence-corrected chi connectivity index (χ4v) is 7.77. The lowest BCUT2D eigenvalue weighted by Crippen LogP contribution is -2.63. The van der Waals surface area contributed by atoms with E-state index in [4.69, 9.17) is 4.74 Å². The number of rotatable bonds is 2. The standard InChI is InChI=1S/C24H33NO5/c1-22-8-6-15(26)12-14(22)4-5-16-17-7-9-24(29,20(28)21-25(3)10-11-30-21)23(17,2)13-18(27)19(16)22/h6,8,12,16-19,21,27,29H,4-5,7,9-11,13H2,1-3H3. The van der Waals surface area contributed by atoms with Crippen LogP contribution in [-0.2, 0) is 14.3 Å². The van der Waals surface area contributed by atoms with E-state index in [1.165, 1.54) is 0 Å². The zero-order chi connectivity index (χ0) is 21.5. The van der Waals surface area contributed by atoms with Gasteiger partial charge in [-0.15, -0.1) is 0 Å². The van der Waals surface area contributed by atoms with Crippen molar-refractivity contribution in [1.29, 1.82) is 0 Å². The van der Waals surface area contributed by atoms with Crippen molar-refractivity contribution in [3.8, 4) is 0 Å². The lowest BCUT2D eigenvalue weighted by atomic mass is 9.46. The largest absolute Gasteiger partial charge is 0.393 e. The lowest BCUT2D eigenvalue weighted by molar-refractivity contribution is -0.186. The summed E-state index contributed by atoms with van der Waals surface area (Å²) in [7, 11) is 1.85. The Morgan fingerprint density at radius 2 is 2.07 bits per heavy atom. The number of Topliss-reactive ketones (excluding diaryl/α,β-unsaturated/α-hetero) is 1. The summed E-state index contributed by atoms with van der Waals surface area (Å²) < 4.78 is 5.66. The van der Waals surface area contributed by atoms with Crippen molar-refractivity contribution in [3.05, 3.63) is 23.8 Å². The SMILES string of the molecule is CN1CCOC1C(=O)C1(O)CCC2C3CCC4=CC(=O)C=CC4(C)C3C(O)CC21C. The van der Waals surface area contributed by atoms with Crippen molar-refractivity contribution < 1.29 is 24.5 Å². The number of aliphatic hydroxyl groups excluding tert-OH is 1. The summed E-state index contributed by atoms with van der Waals surface area (Å²) in [4.78, 5) is 27.3. The highest BCUT2D eigenvalue weighted by Gasteiger charge is 2.69. The molecule has 0 spiro atoms. The number of fused-ring (bicyclic) bond motifs is 5. The van der Waals surface area contributed by atoms with E-state index in [0.29, 0.717) is 26.0 Å². The van der Waals surface area contributed by atoms with Gasteiger partial charge in [0.25, 0.3) is 0 Å². The molecule has 1 saturated heterocycles. The van der Waals surface area contributed by atoms with Crippen molar-refractivity contribution in [1.82, 2.24) is 4.90 Å². The third-order valence-electron chi connectivity index (χ3n) is 9.40. The Morgan fingerprint density at radius 1 is 1.30 bits per heavy atom. The van der Waals surface area contributed by atoms with E-state index in [1.54, 1.807) is 12.2 Å². The van der Waals surface area contributed by atoms with Crippen molar-refractivity contribution in [2.75, 3.05) is 20.2 Å². The summed E-state index contributed by atoms with van der Waals surface area (Å²) in [5, 5.41) is 23.2. The average molecular weight is 416 g/mol. The quantitative estimate of drug-likeness (QED) is 0.716. The molecule has 0 amide bonds. The number of ether oxygens (including phenoxy) is 1. The molecule has 0 radical (unpaired) electrons. The second kappa shape index (κ2) is 6.58. The first-order valence-electron chi connectivity index (χ1n) is 11.3. The molecule has 6 heteroatoms. The minimum Gasteiger partial charge on any atom is -0.393 e. The fraction of sp³-hybridized carbons (Fsp3) is 0.750. The van der Waals surface area contributed by atoms with Gasteiger partial charge in [0.1, 0.15) is 5.60 Å². The zero-order valence-corrected chi connectivity index (χ0v) is 18.1. The molecule has 4 aliphatic carbocycles. The van der Waals surface area contributed by atoms with Crippen molar-refractivity contribution in [2.24, 2.45) is 28.6 Å². The number of carbonyl (C=O) groups is 2. The van der Waals surface area contributed by atoms with Crippen LogP contribution in [0.5, 0.6) is 0 Å². The van der Waals surface area contributed by atoms with Crippen LogP contribution in [0.1, 0.15) is 46.0 Å². The monoisotopic (exact) mass is 415 g/mol. The first-order valence-corrected chi connectivity index (χ1v) is 11.3. The van der Waals surface area contributed by atoms with Gasteiger partial charge in [0, 0.05) is 23.3 Å². The van der Waals surface area contributed by atoms with Crippen LogP contribution in [0, 0.1) is 28.6 Å². The number of nitrogens with zero attached hydrogens (tertiary/aromatic N) is 1. The van der Waals surface area contributed by atoms with Gasteiger partial charge in [0.15, 0.2) is 12.0 Å². The van der Waals surface area contributed by atoms with E-state index in [2.05, 4.69) is 6.92 Å². The van der Waals surface area contributed by atoms with Crippen LogP contribution in [0.2, 0.25) is 0 Å². The highest BCUT2D eigenvalue weighted by Crippen LogP contribution is 2.67. The second-order valence-corrected chi connectivity index (χ2v) is 10.7. The van der Waals surface area contributed by atoms with Gasteiger partial charge >= 0.3 is 0 Å². The maximum atomic E-state index is 13.5. The number of likely N-dealkylation sites (N-methyl/N-ethyl adjacent to an activating group) is 1. The van der Waals surface area contributed by atoms with E-state index < -0.39 is 23.3 Å². The molecule has 1 aliphatic heterocycles. The van der Waals surface area contributed by atoms with Crippen LogP contribution in [0.15, 0.2) is 23.8 Å². The number of allylic oxidation sites excluding steroid dienone is 4. The topological polar surface area (TPSA) is 87.1 Å². The molecule has 4 fully saturated rings. The highest BCUT2D eigenvalue weighted by molar-refractivity contribution is 6.01. The van der Waals surface area contributed by atoms with Crippen LogP contribution in [-0.4, -0.2) is 64.8 Å². The van der Waals surface area contributed by atoms with E-state index in [0.717, 1.165) is 24.8 Å². The molecule has 3 saturated carbocycles. The van der Waals surface area contributed by atoms with E-state index in [-0.39, 0.29) is 34.7 Å². The normalized spacial score (nSPS) is 50.6. The summed E-state index contributed by atoms with van der Waals surface area (Å²) in [6.07, 6.45) is 7.33. The van der Waals surface area contributed by atoms with Crippen LogP contribution < -0.4 is 0 Å². The van der Waals surface area contributed by atoms with Gasteiger partial charge in [-0.25, -0.2) is 0 Å². The third-order valence-corrected chi connectivity index (χ3v) is 9.40. The van der Waals surface area contributed by atoms with Crippen molar-refractivity contribution in [3.63, 3.8) is 0 Å². The molecule has 164 valence electrons. The van der Waals surface area contributed by atoms with Crippen LogP contribution in [0.25, 0.3) is 0 Å². The first kappa shape index (κ1) is 20.6. The van der Waals surface area contributed by atoms with Gasteiger partial charge in [0.2, 0.25) is 5.78 Å². The number of aliphatic hydroxyl groups is 2. The molecule has 5 rings (SSSR count). The van der Waals surface area contributed by atoms with Crippen molar-refractivity contribution in [2.45, 2.75) is 63.9 Å². The van der Waals surface area contributed by atoms with Crippen molar-refractivity contribution >= 4 is 11.6 Å². The Kier molecular flexibility index (Phi) is 4.51. The number of carbonyl (C=O) groups excluding carboxylic acids is 2. The number of hydrogen-bond acceptors (Lipinski definition) is 6. The maximum Gasteiger partial charge on any atom is 0.208 e. The Labute approximate surface area is 178 Å². The van der Waals surface area contributed by atoms with Gasteiger partial charge in [-0.05, 0) is 63.1 Å². The van der Waals surface area contributed by atoms with Crippen LogP contribution in [0.4, 0.5) is 0 Å². The third kappa shape index (κ3) is 2.51. The van der Waals surface area contributed by atoms with E-state index >= 15 is 0 Å². The minimum absolute atomic E-state index is 0.00258. The second-order valence-electron chi connectivity index (χ2n) is 10.7. The fourth-order valence-electron chi connectivity index (χ4n) is 7.77. The number of ketones is 2. The summed E-state index contributed by atoms with van der Waals surface area (Å²) in [6, 6.07) is 0. The Bertz CT molecular complexity index is 851. The van der Waals surface area contributed by atoms with Gasteiger partial charge in [-0.3, -0.25) is 14.5 Å². The number of hydrogen-bond donors (Lipinski definition) is 2. The van der Waals surface area contributed by atoms with Gasteiger partial charge in [0.05, 0.1) is 12.7 Å². The van der Waals surface area contributed by atoms with Gasteiger partial charge in [-0.1, -0.05) is 25.5 Å². The lowest BCUT2D eigenvalue weighted by Gasteiger charge is -2.59. The molecule has 0 bridgehead atoms. The summed E-state index contributed by atoms with van der Waals surface area (Å²) >= 11 is 0. The van der Waals surface area contributed by atoms with Crippen LogP contribution >= 0.6 is 0 Å². The molecule has 0 aromatic carbocycles. The Balaban J connectivity index is 1.50. The highest BCUT2D eigenvalue weighted by atomic mass is 16.5. The predicted octanol–water partition coefficient (Wildman–Crippen LogP) is 1.85. The summed E-state index contributed by atoms with van der Waals surface area (Å²) in [5.41, 5.74) is -1.38. The molecule has 8 atom stereocenters. The molecule has 0 aromatic heterocycles. The first-order chi connectivity index (χ1) is 14.1. The molecule has 6 nitrogen and oxygen atoms in total. The molecule has 1 heterocycles. The zero-order valence-electron chi connectivity index (χ0n) is 18.1. The summed E-state index contributed by atoms with van der Waals surface area (Å²) in [6.45, 7) is 5.32. The van der Waals surface area contributed by atoms with Gasteiger partial charge in [-0.2, -0.15) is 0 Å². The molecule has 0 aromatic rings. The smallest absolute Gasteiger partial charge is 0.208 e. The molecule has 2 N–H and O–H groups in total. The molecule has 5 aliphatic rings. The maximum absolute atomic E-state index is 13.5.